The largest absolute Gasteiger partial charge is 0.371 e. The van der Waals surface area contributed by atoms with Gasteiger partial charge >= 0.3 is 0 Å². The first-order valence-corrected chi connectivity index (χ1v) is 5.11. The summed E-state index contributed by atoms with van der Waals surface area (Å²) in [6.45, 7) is 5.55. The molecule has 0 spiro atoms. The van der Waals surface area contributed by atoms with Crippen LogP contribution in [0.5, 0.6) is 0 Å². The summed E-state index contributed by atoms with van der Waals surface area (Å²) in [4.78, 5) is 7.83. The molecule has 1 aliphatic rings. The summed E-state index contributed by atoms with van der Waals surface area (Å²) in [7, 11) is 6.19. The molecule has 13 heavy (non-hydrogen) atoms. The fourth-order valence-electron chi connectivity index (χ4n) is 1.34. The first kappa shape index (κ1) is 10.9. The van der Waals surface area contributed by atoms with Crippen LogP contribution in [0.3, 0.4) is 0 Å². The Morgan fingerprint density at radius 2 is 1.77 bits per heavy atom. The van der Waals surface area contributed by atoms with Crippen molar-refractivity contribution >= 4 is 17.2 Å². The van der Waals surface area contributed by atoms with E-state index in [0.29, 0.717) is 0 Å². The molecule has 0 aliphatic carbocycles. The zero-order chi connectivity index (χ0) is 9.84. The van der Waals surface area contributed by atoms with Crippen LogP contribution in [0.4, 0.5) is 0 Å². The Morgan fingerprint density at radius 3 is 2.23 bits per heavy atom. The van der Waals surface area contributed by atoms with E-state index in [2.05, 4.69) is 16.8 Å². The van der Waals surface area contributed by atoms with Gasteiger partial charge in [-0.2, -0.15) is 0 Å². The second-order valence-corrected chi connectivity index (χ2v) is 4.34. The summed E-state index contributed by atoms with van der Waals surface area (Å²) in [5.41, 5.74) is 0. The van der Waals surface area contributed by atoms with Crippen LogP contribution in [0, 0.1) is 0 Å². The van der Waals surface area contributed by atoms with Gasteiger partial charge in [-0.25, -0.2) is 0 Å². The standard InChI is InChI=1S/C9H19N3S/c1-10(2)9(13)8-12-6-4-11(3)5-7-12/h4-8H2,1-3H3. The van der Waals surface area contributed by atoms with Crippen LogP contribution in [0.15, 0.2) is 0 Å². The van der Waals surface area contributed by atoms with Crippen molar-refractivity contribution in [2.75, 3.05) is 53.9 Å². The fourth-order valence-corrected chi connectivity index (χ4v) is 1.52. The van der Waals surface area contributed by atoms with Gasteiger partial charge in [-0.3, -0.25) is 4.90 Å². The zero-order valence-electron chi connectivity index (χ0n) is 8.79. The lowest BCUT2D eigenvalue weighted by atomic mass is 10.3. The van der Waals surface area contributed by atoms with Crippen molar-refractivity contribution in [2.24, 2.45) is 0 Å². The van der Waals surface area contributed by atoms with Gasteiger partial charge in [0.2, 0.25) is 0 Å². The molecule has 0 aromatic carbocycles. The molecule has 4 heteroatoms. The third kappa shape index (κ3) is 3.58. The van der Waals surface area contributed by atoms with Crippen LogP contribution in [0.2, 0.25) is 0 Å². The molecule has 0 N–H and O–H groups in total. The molecular formula is C9H19N3S. The van der Waals surface area contributed by atoms with Crippen molar-refractivity contribution in [3.05, 3.63) is 0 Å². The maximum absolute atomic E-state index is 5.26. The number of thiocarbonyl (C=S) groups is 1. The van der Waals surface area contributed by atoms with E-state index >= 15 is 0 Å². The smallest absolute Gasteiger partial charge is 0.0916 e. The molecule has 76 valence electrons. The lowest BCUT2D eigenvalue weighted by Crippen LogP contribution is -2.47. The summed E-state index contributed by atoms with van der Waals surface area (Å²) in [5, 5.41) is 0. The summed E-state index contributed by atoms with van der Waals surface area (Å²) < 4.78 is 0. The van der Waals surface area contributed by atoms with Gasteiger partial charge in [0.25, 0.3) is 0 Å². The second kappa shape index (κ2) is 4.88. The number of rotatable bonds is 2. The predicted octanol–water partition coefficient (Wildman–Crippen LogP) is 0.123. The quantitative estimate of drug-likeness (QED) is 0.587. The average Bonchev–Trinajstić information content (AvgIpc) is 2.08. The number of nitrogens with zero attached hydrogens (tertiary/aromatic N) is 3. The Morgan fingerprint density at radius 1 is 1.23 bits per heavy atom. The summed E-state index contributed by atoms with van der Waals surface area (Å²) >= 11 is 5.26. The average molecular weight is 201 g/mol. The monoisotopic (exact) mass is 201 g/mol. The van der Waals surface area contributed by atoms with Crippen LogP contribution < -0.4 is 0 Å². The summed E-state index contributed by atoms with van der Waals surface area (Å²) in [6.07, 6.45) is 0. The van der Waals surface area contributed by atoms with Crippen LogP contribution in [-0.4, -0.2) is 73.6 Å². The Balaban J connectivity index is 2.26. The molecule has 0 aromatic rings. The molecule has 1 rings (SSSR count). The number of hydrogen-bond donors (Lipinski definition) is 0. The second-order valence-electron chi connectivity index (χ2n) is 3.87. The fraction of sp³-hybridized carbons (Fsp3) is 0.889. The van der Waals surface area contributed by atoms with Crippen molar-refractivity contribution in [1.82, 2.24) is 14.7 Å². The van der Waals surface area contributed by atoms with E-state index in [1.807, 2.05) is 19.0 Å². The zero-order valence-corrected chi connectivity index (χ0v) is 9.60. The summed E-state index contributed by atoms with van der Waals surface area (Å²) in [6, 6.07) is 0. The topological polar surface area (TPSA) is 9.72 Å². The number of piperazine rings is 1. The maximum atomic E-state index is 5.26. The van der Waals surface area contributed by atoms with Gasteiger partial charge in [-0.15, -0.1) is 0 Å². The molecular weight excluding hydrogens is 182 g/mol. The number of hydrogen-bond acceptors (Lipinski definition) is 3. The van der Waals surface area contributed by atoms with Gasteiger partial charge in [0, 0.05) is 46.8 Å². The van der Waals surface area contributed by atoms with E-state index in [4.69, 9.17) is 12.2 Å². The molecule has 0 unspecified atom stereocenters. The van der Waals surface area contributed by atoms with Gasteiger partial charge in [0.15, 0.2) is 0 Å². The van der Waals surface area contributed by atoms with Crippen molar-refractivity contribution in [1.29, 1.82) is 0 Å². The van der Waals surface area contributed by atoms with Crippen molar-refractivity contribution < 1.29 is 0 Å². The highest BCUT2D eigenvalue weighted by molar-refractivity contribution is 7.80. The molecule has 1 heterocycles. The molecule has 0 atom stereocenters. The van der Waals surface area contributed by atoms with Crippen LogP contribution in [0.1, 0.15) is 0 Å². The van der Waals surface area contributed by atoms with E-state index in [0.717, 1.165) is 37.7 Å². The van der Waals surface area contributed by atoms with Gasteiger partial charge in [0.1, 0.15) is 0 Å². The highest BCUT2D eigenvalue weighted by Gasteiger charge is 2.15. The van der Waals surface area contributed by atoms with E-state index < -0.39 is 0 Å². The molecule has 1 aliphatic heterocycles. The van der Waals surface area contributed by atoms with Crippen LogP contribution in [-0.2, 0) is 0 Å². The van der Waals surface area contributed by atoms with Gasteiger partial charge in [-0.05, 0) is 7.05 Å². The molecule has 1 fully saturated rings. The Bertz CT molecular complexity index is 174. The molecule has 0 radical (unpaired) electrons. The molecule has 0 saturated carbocycles. The third-order valence-electron chi connectivity index (χ3n) is 2.45. The van der Waals surface area contributed by atoms with Gasteiger partial charge in [0.05, 0.1) is 4.99 Å². The molecule has 1 saturated heterocycles. The first-order valence-electron chi connectivity index (χ1n) is 4.70. The third-order valence-corrected chi connectivity index (χ3v) is 2.95. The van der Waals surface area contributed by atoms with Crippen LogP contribution in [0.25, 0.3) is 0 Å². The summed E-state index contributed by atoms with van der Waals surface area (Å²) in [5.74, 6) is 0. The highest BCUT2D eigenvalue weighted by atomic mass is 32.1. The maximum Gasteiger partial charge on any atom is 0.0916 e. The molecule has 3 nitrogen and oxygen atoms in total. The van der Waals surface area contributed by atoms with Crippen LogP contribution >= 0.6 is 12.2 Å². The van der Waals surface area contributed by atoms with Gasteiger partial charge < -0.3 is 9.80 Å². The normalized spacial score (nSPS) is 20.2. The van der Waals surface area contributed by atoms with E-state index in [9.17, 15) is 0 Å². The van der Waals surface area contributed by atoms with Crippen molar-refractivity contribution in [3.8, 4) is 0 Å². The van der Waals surface area contributed by atoms with Crippen molar-refractivity contribution in [2.45, 2.75) is 0 Å². The number of likely N-dealkylation sites (N-methyl/N-ethyl adjacent to an activating group) is 2. The minimum atomic E-state index is 0.941. The van der Waals surface area contributed by atoms with E-state index in [1.165, 1.54) is 0 Å². The lowest BCUT2D eigenvalue weighted by Gasteiger charge is -2.33. The SMILES string of the molecule is CN1CCN(CC(=S)N(C)C)CC1. The minimum Gasteiger partial charge on any atom is -0.371 e. The molecule has 0 aromatic heterocycles. The first-order chi connectivity index (χ1) is 6.09. The van der Waals surface area contributed by atoms with Gasteiger partial charge in [-0.1, -0.05) is 12.2 Å². The van der Waals surface area contributed by atoms with E-state index in [-0.39, 0.29) is 0 Å². The Labute approximate surface area is 86.3 Å². The Kier molecular flexibility index (Phi) is 4.09. The highest BCUT2D eigenvalue weighted by Crippen LogP contribution is 1.99. The molecule has 0 amide bonds. The molecule has 0 bridgehead atoms. The predicted molar refractivity (Wildman–Crippen MR) is 60.2 cm³/mol. The van der Waals surface area contributed by atoms with E-state index in [1.54, 1.807) is 0 Å². The minimum absolute atomic E-state index is 0.941. The Hall–Kier alpha value is -0.190. The van der Waals surface area contributed by atoms with Crippen molar-refractivity contribution in [3.63, 3.8) is 0 Å². The lowest BCUT2D eigenvalue weighted by molar-refractivity contribution is 0.168.